The van der Waals surface area contributed by atoms with E-state index in [0.717, 1.165) is 56.8 Å². The maximum absolute atomic E-state index is 10.2. The highest BCUT2D eigenvalue weighted by atomic mass is 16.5. The second kappa shape index (κ2) is 7.62. The van der Waals surface area contributed by atoms with Crippen molar-refractivity contribution >= 4 is 5.82 Å². The minimum atomic E-state index is -0.122. The van der Waals surface area contributed by atoms with Gasteiger partial charge in [0.15, 0.2) is 0 Å². The number of hydrogen-bond acceptors (Lipinski definition) is 5. The SMILES string of the molecule is OC[C@]1(CCOc2ccccc2)CCCN(c2ncnc3c2CCC3)C1. The molecule has 0 radical (unpaired) electrons. The molecule has 0 saturated carbocycles. The van der Waals surface area contributed by atoms with Gasteiger partial charge in [0.25, 0.3) is 0 Å². The molecule has 5 nitrogen and oxygen atoms in total. The Morgan fingerprint density at radius 1 is 1.12 bits per heavy atom. The van der Waals surface area contributed by atoms with E-state index in [1.165, 1.54) is 17.7 Å². The summed E-state index contributed by atoms with van der Waals surface area (Å²) in [6.07, 6.45) is 7.97. The number of rotatable bonds is 6. The van der Waals surface area contributed by atoms with E-state index in [1.807, 2.05) is 30.3 Å². The number of aromatic nitrogens is 2. The fraction of sp³-hybridized carbons (Fsp3) is 0.524. The van der Waals surface area contributed by atoms with E-state index in [1.54, 1.807) is 6.33 Å². The van der Waals surface area contributed by atoms with Crippen LogP contribution in [0.2, 0.25) is 0 Å². The summed E-state index contributed by atoms with van der Waals surface area (Å²) in [4.78, 5) is 11.4. The second-order valence-electron chi connectivity index (χ2n) is 7.57. The maximum atomic E-state index is 10.2. The standard InChI is InChI=1S/C21H27N3O2/c25-15-21(11-13-26-17-6-2-1-3-7-17)10-5-12-24(14-21)20-18-8-4-9-19(18)22-16-23-20/h1-3,6-7,16,25H,4-5,8-15H2/t21-/m0/s1. The van der Waals surface area contributed by atoms with E-state index in [9.17, 15) is 5.11 Å². The number of fused-ring (bicyclic) bond motifs is 1. The van der Waals surface area contributed by atoms with Gasteiger partial charge in [0.1, 0.15) is 17.9 Å². The Hall–Kier alpha value is -2.14. The van der Waals surface area contributed by atoms with Crippen LogP contribution in [0.5, 0.6) is 5.75 Å². The molecule has 1 aliphatic heterocycles. The lowest BCUT2D eigenvalue weighted by Crippen LogP contribution is -2.47. The molecule has 4 rings (SSSR count). The van der Waals surface area contributed by atoms with Gasteiger partial charge in [-0.3, -0.25) is 0 Å². The molecule has 1 atom stereocenters. The number of aryl methyl sites for hydroxylation is 1. The van der Waals surface area contributed by atoms with Gasteiger partial charge < -0.3 is 14.7 Å². The number of aliphatic hydroxyl groups excluding tert-OH is 1. The zero-order chi connectivity index (χ0) is 17.8. The summed E-state index contributed by atoms with van der Waals surface area (Å²) in [6.45, 7) is 2.66. The molecule has 0 unspecified atom stereocenters. The quantitative estimate of drug-likeness (QED) is 0.865. The van der Waals surface area contributed by atoms with Crippen molar-refractivity contribution < 1.29 is 9.84 Å². The lowest BCUT2D eigenvalue weighted by atomic mass is 9.78. The molecule has 138 valence electrons. The highest BCUT2D eigenvalue weighted by molar-refractivity contribution is 5.51. The van der Waals surface area contributed by atoms with E-state index >= 15 is 0 Å². The molecule has 1 aliphatic carbocycles. The number of nitrogens with zero attached hydrogens (tertiary/aromatic N) is 3. The molecule has 2 heterocycles. The third-order valence-electron chi connectivity index (χ3n) is 5.79. The van der Waals surface area contributed by atoms with Crippen molar-refractivity contribution in [2.24, 2.45) is 5.41 Å². The highest BCUT2D eigenvalue weighted by Gasteiger charge is 2.36. The van der Waals surface area contributed by atoms with E-state index in [4.69, 9.17) is 4.74 Å². The van der Waals surface area contributed by atoms with Crippen LogP contribution in [0.1, 0.15) is 36.9 Å². The number of benzene rings is 1. The lowest BCUT2D eigenvalue weighted by molar-refractivity contribution is 0.0791. The summed E-state index contributed by atoms with van der Waals surface area (Å²) in [5.41, 5.74) is 2.41. The van der Waals surface area contributed by atoms with Crippen LogP contribution in [-0.4, -0.2) is 41.4 Å². The predicted molar refractivity (Wildman–Crippen MR) is 102 cm³/mol. The fourth-order valence-electron chi connectivity index (χ4n) is 4.32. The van der Waals surface area contributed by atoms with Crippen LogP contribution < -0.4 is 9.64 Å². The molecule has 2 aromatic rings. The van der Waals surface area contributed by atoms with Crippen LogP contribution in [0, 0.1) is 5.41 Å². The van der Waals surface area contributed by atoms with Crippen LogP contribution in [-0.2, 0) is 12.8 Å². The molecular weight excluding hydrogens is 326 g/mol. The van der Waals surface area contributed by atoms with Gasteiger partial charge in [-0.25, -0.2) is 9.97 Å². The Kier molecular flexibility index (Phi) is 5.07. The summed E-state index contributed by atoms with van der Waals surface area (Å²) >= 11 is 0. The zero-order valence-corrected chi connectivity index (χ0v) is 15.2. The number of para-hydroxylation sites is 1. The van der Waals surface area contributed by atoms with Crippen LogP contribution in [0.25, 0.3) is 0 Å². The third kappa shape index (κ3) is 3.54. The Labute approximate surface area is 155 Å². The maximum Gasteiger partial charge on any atom is 0.135 e. The summed E-state index contributed by atoms with van der Waals surface area (Å²) < 4.78 is 5.90. The summed E-state index contributed by atoms with van der Waals surface area (Å²) in [6, 6.07) is 9.90. The summed E-state index contributed by atoms with van der Waals surface area (Å²) in [5, 5.41) is 10.2. The Morgan fingerprint density at radius 3 is 2.85 bits per heavy atom. The van der Waals surface area contributed by atoms with Gasteiger partial charge in [-0.1, -0.05) is 18.2 Å². The molecule has 0 bridgehead atoms. The fourth-order valence-corrected chi connectivity index (χ4v) is 4.32. The van der Waals surface area contributed by atoms with Crippen LogP contribution in [0.15, 0.2) is 36.7 Å². The van der Waals surface area contributed by atoms with Gasteiger partial charge in [-0.05, 0) is 50.7 Å². The molecule has 26 heavy (non-hydrogen) atoms. The van der Waals surface area contributed by atoms with Crippen molar-refractivity contribution in [3.05, 3.63) is 47.9 Å². The number of piperidine rings is 1. The van der Waals surface area contributed by atoms with Crippen LogP contribution in [0.3, 0.4) is 0 Å². The van der Waals surface area contributed by atoms with E-state index in [0.29, 0.717) is 6.61 Å². The molecule has 5 heteroatoms. The number of hydrogen-bond donors (Lipinski definition) is 1. The topological polar surface area (TPSA) is 58.5 Å². The van der Waals surface area contributed by atoms with Gasteiger partial charge >= 0.3 is 0 Å². The summed E-state index contributed by atoms with van der Waals surface area (Å²) in [5.74, 6) is 1.98. The molecule has 1 N–H and O–H groups in total. The van der Waals surface area contributed by atoms with Crippen molar-refractivity contribution in [3.63, 3.8) is 0 Å². The third-order valence-corrected chi connectivity index (χ3v) is 5.79. The van der Waals surface area contributed by atoms with E-state index < -0.39 is 0 Å². The van der Waals surface area contributed by atoms with Crippen molar-refractivity contribution in [2.75, 3.05) is 31.2 Å². The molecular formula is C21H27N3O2. The predicted octanol–water partition coefficient (Wildman–Crippen LogP) is 3.01. The highest BCUT2D eigenvalue weighted by Crippen LogP contribution is 2.37. The monoisotopic (exact) mass is 353 g/mol. The van der Waals surface area contributed by atoms with Crippen LogP contribution >= 0.6 is 0 Å². The smallest absolute Gasteiger partial charge is 0.135 e. The Bertz CT molecular complexity index is 737. The lowest BCUT2D eigenvalue weighted by Gasteiger charge is -2.42. The average molecular weight is 353 g/mol. The second-order valence-corrected chi connectivity index (χ2v) is 7.57. The number of aliphatic hydroxyl groups is 1. The number of ether oxygens (including phenoxy) is 1. The van der Waals surface area contributed by atoms with Gasteiger partial charge in [-0.15, -0.1) is 0 Å². The van der Waals surface area contributed by atoms with Gasteiger partial charge in [0, 0.05) is 29.8 Å². The average Bonchev–Trinajstić information content (AvgIpc) is 3.18. The van der Waals surface area contributed by atoms with Gasteiger partial charge in [0.05, 0.1) is 13.2 Å². The van der Waals surface area contributed by atoms with Crippen LogP contribution in [0.4, 0.5) is 5.82 Å². The molecule has 1 aromatic carbocycles. The normalized spacial score (nSPS) is 22.3. The summed E-state index contributed by atoms with van der Waals surface area (Å²) in [7, 11) is 0. The molecule has 1 aromatic heterocycles. The minimum Gasteiger partial charge on any atom is -0.494 e. The van der Waals surface area contributed by atoms with E-state index in [-0.39, 0.29) is 12.0 Å². The Balaban J connectivity index is 1.45. The largest absolute Gasteiger partial charge is 0.494 e. The molecule has 0 amide bonds. The zero-order valence-electron chi connectivity index (χ0n) is 15.2. The first-order valence-corrected chi connectivity index (χ1v) is 9.66. The van der Waals surface area contributed by atoms with Gasteiger partial charge in [0.2, 0.25) is 0 Å². The molecule has 0 spiro atoms. The first-order chi connectivity index (χ1) is 12.8. The minimum absolute atomic E-state index is 0.122. The van der Waals surface area contributed by atoms with Crippen molar-refractivity contribution in [1.29, 1.82) is 0 Å². The van der Waals surface area contributed by atoms with Gasteiger partial charge in [-0.2, -0.15) is 0 Å². The molecule has 2 aliphatic rings. The first kappa shape index (κ1) is 17.3. The number of anilines is 1. The van der Waals surface area contributed by atoms with E-state index in [2.05, 4.69) is 14.9 Å². The van der Waals surface area contributed by atoms with Crippen molar-refractivity contribution in [1.82, 2.24) is 9.97 Å². The first-order valence-electron chi connectivity index (χ1n) is 9.66. The molecule has 1 fully saturated rings. The Morgan fingerprint density at radius 2 is 2.00 bits per heavy atom. The van der Waals surface area contributed by atoms with Crippen molar-refractivity contribution in [2.45, 2.75) is 38.5 Å². The van der Waals surface area contributed by atoms with Crippen molar-refractivity contribution in [3.8, 4) is 5.75 Å². The molecule has 1 saturated heterocycles.